The van der Waals surface area contributed by atoms with Crippen LogP contribution in [0.5, 0.6) is 0 Å². The lowest BCUT2D eigenvalue weighted by Crippen LogP contribution is -2.36. The van der Waals surface area contributed by atoms with E-state index in [0.29, 0.717) is 12.2 Å². The Bertz CT molecular complexity index is 897. The summed E-state index contributed by atoms with van der Waals surface area (Å²) in [4.78, 5) is 22.4. The number of hydrogen-bond acceptors (Lipinski definition) is 7. The maximum Gasteiger partial charge on any atom is 0.270 e. The van der Waals surface area contributed by atoms with Crippen LogP contribution in [0.4, 0.5) is 17.2 Å². The van der Waals surface area contributed by atoms with Gasteiger partial charge in [-0.3, -0.25) is 4.79 Å². The molecule has 2 N–H and O–H groups in total. The van der Waals surface area contributed by atoms with Crippen LogP contribution >= 0.6 is 0 Å². The summed E-state index contributed by atoms with van der Waals surface area (Å²) in [6, 6.07) is 8.95. The molecule has 1 fully saturated rings. The number of sulfone groups is 1. The average Bonchev–Trinajstić information content (AvgIpc) is 2.94. The van der Waals surface area contributed by atoms with Crippen LogP contribution < -0.4 is 15.5 Å². The van der Waals surface area contributed by atoms with Gasteiger partial charge < -0.3 is 15.5 Å². The van der Waals surface area contributed by atoms with Crippen LogP contribution in [0.1, 0.15) is 16.9 Å². The van der Waals surface area contributed by atoms with Crippen LogP contribution in [-0.4, -0.2) is 55.9 Å². The Labute approximate surface area is 152 Å². The van der Waals surface area contributed by atoms with Crippen molar-refractivity contribution in [1.82, 2.24) is 15.3 Å². The highest BCUT2D eigenvalue weighted by Gasteiger charge is 2.29. The number of carbonyl (C=O) groups is 1. The second-order valence-electron chi connectivity index (χ2n) is 6.43. The number of rotatable bonds is 5. The molecule has 0 saturated carbocycles. The minimum absolute atomic E-state index is 0.0207. The van der Waals surface area contributed by atoms with Gasteiger partial charge in [0.1, 0.15) is 17.8 Å². The first kappa shape index (κ1) is 18.1. The van der Waals surface area contributed by atoms with Gasteiger partial charge in [-0.15, -0.1) is 0 Å². The first-order chi connectivity index (χ1) is 12.3. The molecule has 0 bridgehead atoms. The van der Waals surface area contributed by atoms with Gasteiger partial charge >= 0.3 is 0 Å². The van der Waals surface area contributed by atoms with Crippen LogP contribution in [0, 0.1) is 0 Å². The van der Waals surface area contributed by atoms with Crippen LogP contribution in [0.25, 0.3) is 0 Å². The number of benzene rings is 1. The zero-order valence-corrected chi connectivity index (χ0v) is 15.5. The molecule has 9 heteroatoms. The molecule has 1 amide bonds. The lowest BCUT2D eigenvalue weighted by molar-refractivity contribution is 0.0936. The molecule has 26 heavy (non-hydrogen) atoms. The summed E-state index contributed by atoms with van der Waals surface area (Å²) < 4.78 is 23.0. The van der Waals surface area contributed by atoms with Gasteiger partial charge in [-0.05, 0) is 30.7 Å². The third kappa shape index (κ3) is 4.48. The van der Waals surface area contributed by atoms with Crippen LogP contribution in [0.3, 0.4) is 0 Å². The molecule has 2 aromatic rings. The maximum absolute atomic E-state index is 12.3. The predicted molar refractivity (Wildman–Crippen MR) is 101 cm³/mol. The Morgan fingerprint density at radius 2 is 1.92 bits per heavy atom. The van der Waals surface area contributed by atoms with Crippen molar-refractivity contribution in [2.24, 2.45) is 0 Å². The Balaban J connectivity index is 1.67. The quantitative estimate of drug-likeness (QED) is 0.809. The SMILES string of the molecule is CN(C)c1ccc(Nc2cc(C(=O)NC3CCS(=O)(=O)C3)ncn2)cc1. The van der Waals surface area contributed by atoms with Gasteiger partial charge in [-0.2, -0.15) is 0 Å². The number of aromatic nitrogens is 2. The number of carbonyl (C=O) groups excluding carboxylic acids is 1. The van der Waals surface area contributed by atoms with Gasteiger partial charge in [0, 0.05) is 37.6 Å². The molecular weight excluding hydrogens is 354 g/mol. The number of hydrogen-bond donors (Lipinski definition) is 2. The molecule has 0 aliphatic carbocycles. The van der Waals surface area contributed by atoms with E-state index in [0.717, 1.165) is 11.4 Å². The zero-order valence-electron chi connectivity index (χ0n) is 14.6. The molecule has 1 aliphatic heterocycles. The van der Waals surface area contributed by atoms with Crippen LogP contribution in [0.15, 0.2) is 36.7 Å². The van der Waals surface area contributed by atoms with Crippen molar-refractivity contribution < 1.29 is 13.2 Å². The number of anilines is 3. The highest BCUT2D eigenvalue weighted by Crippen LogP contribution is 2.19. The fourth-order valence-electron chi connectivity index (χ4n) is 2.71. The zero-order chi connectivity index (χ0) is 18.7. The van der Waals surface area contributed by atoms with Crippen molar-refractivity contribution >= 4 is 32.9 Å². The fraction of sp³-hybridized carbons (Fsp3) is 0.353. The summed E-state index contributed by atoms with van der Waals surface area (Å²) in [7, 11) is 0.886. The maximum atomic E-state index is 12.3. The van der Waals surface area contributed by atoms with Crippen molar-refractivity contribution in [2.75, 3.05) is 35.8 Å². The normalized spacial score (nSPS) is 18.3. The summed E-state index contributed by atoms with van der Waals surface area (Å²) in [6.07, 6.45) is 1.74. The van der Waals surface area contributed by atoms with Crippen molar-refractivity contribution in [2.45, 2.75) is 12.5 Å². The summed E-state index contributed by atoms with van der Waals surface area (Å²) >= 11 is 0. The first-order valence-electron chi connectivity index (χ1n) is 8.20. The number of nitrogens with one attached hydrogen (secondary N) is 2. The van der Waals surface area contributed by atoms with Gasteiger partial charge in [0.05, 0.1) is 11.5 Å². The minimum Gasteiger partial charge on any atom is -0.378 e. The molecule has 2 heterocycles. The van der Waals surface area contributed by atoms with E-state index in [1.807, 2.05) is 43.3 Å². The highest BCUT2D eigenvalue weighted by atomic mass is 32.2. The van der Waals surface area contributed by atoms with Gasteiger partial charge in [0.15, 0.2) is 9.84 Å². The summed E-state index contributed by atoms with van der Waals surface area (Å²) in [5.74, 6) is 0.173. The molecule has 1 aliphatic rings. The second-order valence-corrected chi connectivity index (χ2v) is 8.66. The number of nitrogens with zero attached hydrogens (tertiary/aromatic N) is 3. The molecule has 3 rings (SSSR count). The van der Waals surface area contributed by atoms with Crippen molar-refractivity contribution in [3.63, 3.8) is 0 Å². The van der Waals surface area contributed by atoms with E-state index in [1.54, 1.807) is 6.07 Å². The average molecular weight is 375 g/mol. The molecule has 0 radical (unpaired) electrons. The van der Waals surface area contributed by atoms with E-state index in [9.17, 15) is 13.2 Å². The third-order valence-electron chi connectivity index (χ3n) is 4.12. The van der Waals surface area contributed by atoms with E-state index in [-0.39, 0.29) is 23.2 Å². The molecule has 1 aromatic heterocycles. The van der Waals surface area contributed by atoms with E-state index in [4.69, 9.17) is 0 Å². The Hall–Kier alpha value is -2.68. The Kier molecular flexibility index (Phi) is 5.08. The largest absolute Gasteiger partial charge is 0.378 e. The summed E-state index contributed by atoms with van der Waals surface area (Å²) in [5.41, 5.74) is 2.10. The Morgan fingerprint density at radius 3 is 2.54 bits per heavy atom. The minimum atomic E-state index is -3.05. The molecular formula is C17H21N5O3S. The smallest absolute Gasteiger partial charge is 0.270 e. The van der Waals surface area contributed by atoms with Gasteiger partial charge in [-0.25, -0.2) is 18.4 Å². The van der Waals surface area contributed by atoms with Crippen LogP contribution in [0.2, 0.25) is 0 Å². The molecule has 1 unspecified atom stereocenters. The summed E-state index contributed by atoms with van der Waals surface area (Å²) in [6.45, 7) is 0. The van der Waals surface area contributed by atoms with Gasteiger partial charge in [0.25, 0.3) is 5.91 Å². The number of amides is 1. The first-order valence-corrected chi connectivity index (χ1v) is 10.0. The van der Waals surface area contributed by atoms with E-state index >= 15 is 0 Å². The second kappa shape index (κ2) is 7.28. The van der Waals surface area contributed by atoms with E-state index in [1.165, 1.54) is 6.33 Å². The highest BCUT2D eigenvalue weighted by molar-refractivity contribution is 7.91. The lowest BCUT2D eigenvalue weighted by atomic mass is 10.2. The summed E-state index contributed by atoms with van der Waals surface area (Å²) in [5, 5.41) is 5.85. The molecule has 1 aromatic carbocycles. The topological polar surface area (TPSA) is 104 Å². The fourth-order valence-corrected chi connectivity index (χ4v) is 4.38. The van der Waals surface area contributed by atoms with Crippen molar-refractivity contribution in [3.05, 3.63) is 42.4 Å². The molecule has 1 saturated heterocycles. The van der Waals surface area contributed by atoms with E-state index in [2.05, 4.69) is 20.6 Å². The van der Waals surface area contributed by atoms with Crippen molar-refractivity contribution in [1.29, 1.82) is 0 Å². The van der Waals surface area contributed by atoms with E-state index < -0.39 is 15.7 Å². The third-order valence-corrected chi connectivity index (χ3v) is 5.89. The van der Waals surface area contributed by atoms with Crippen LogP contribution in [-0.2, 0) is 9.84 Å². The molecule has 138 valence electrons. The predicted octanol–water partition coefficient (Wildman–Crippen LogP) is 1.20. The van der Waals surface area contributed by atoms with Gasteiger partial charge in [-0.1, -0.05) is 0 Å². The molecule has 8 nitrogen and oxygen atoms in total. The monoisotopic (exact) mass is 375 g/mol. The standard InChI is InChI=1S/C17H21N5O3S/c1-22(2)14-5-3-12(4-6-14)20-16-9-15(18-11-19-16)17(23)21-13-7-8-26(24,25)10-13/h3-6,9,11,13H,7-8,10H2,1-2H3,(H,21,23)(H,18,19,20). The Morgan fingerprint density at radius 1 is 1.19 bits per heavy atom. The van der Waals surface area contributed by atoms with Gasteiger partial charge in [0.2, 0.25) is 0 Å². The molecule has 1 atom stereocenters. The lowest BCUT2D eigenvalue weighted by Gasteiger charge is -2.13. The van der Waals surface area contributed by atoms with Crippen molar-refractivity contribution in [3.8, 4) is 0 Å². The molecule has 0 spiro atoms.